The molecule has 0 saturated heterocycles. The molecule has 0 amide bonds. The van der Waals surface area contributed by atoms with Crippen molar-refractivity contribution in [2.45, 2.75) is 12.1 Å². The molecular weight excluding hydrogens is 230 g/mol. The third-order valence-corrected chi connectivity index (χ3v) is 1.43. The van der Waals surface area contributed by atoms with Crippen LogP contribution in [-0.2, 0) is 9.53 Å². The molecule has 84 valence electrons. The van der Waals surface area contributed by atoms with E-state index in [2.05, 4.69) is 4.74 Å². The number of allylic oxidation sites excluding steroid dienone is 2. The molecule has 0 atom stereocenters. The predicted molar refractivity (Wildman–Crippen MR) is 34.4 cm³/mol. The van der Waals surface area contributed by atoms with Crippen molar-refractivity contribution < 1.29 is 35.9 Å². The highest BCUT2D eigenvalue weighted by Gasteiger charge is 2.62. The van der Waals surface area contributed by atoms with Crippen LogP contribution in [-0.4, -0.2) is 18.1 Å². The molecule has 8 heteroatoms. The number of hydrogen-bond acceptors (Lipinski definition) is 2. The van der Waals surface area contributed by atoms with E-state index in [9.17, 15) is 31.1 Å². The van der Waals surface area contributed by atoms with Crippen LogP contribution in [0.15, 0.2) is 23.7 Å². The molecule has 2 nitrogen and oxygen atoms in total. The number of carbonyl (C=O) groups is 1. The fourth-order valence-corrected chi connectivity index (χ4v) is 0.717. The monoisotopic (exact) mass is 232 g/mol. The number of halogens is 6. The molecule has 0 aromatic heterocycles. The number of esters is 1. The molecule has 0 radical (unpaired) electrons. The first-order valence-corrected chi connectivity index (χ1v) is 3.41. The number of alkyl halides is 5. The zero-order valence-electron chi connectivity index (χ0n) is 6.74. The lowest BCUT2D eigenvalue weighted by atomic mass is 10.2. The van der Waals surface area contributed by atoms with Crippen LogP contribution < -0.4 is 0 Å². The lowest BCUT2D eigenvalue weighted by molar-refractivity contribution is -0.271. The molecule has 0 aromatic carbocycles. The second-order valence-corrected chi connectivity index (χ2v) is 2.50. The Hall–Kier alpha value is -1.47. The maximum absolute atomic E-state index is 12.6. The van der Waals surface area contributed by atoms with Crippen LogP contribution in [0.4, 0.5) is 26.3 Å². The zero-order valence-corrected chi connectivity index (χ0v) is 6.74. The van der Waals surface area contributed by atoms with Gasteiger partial charge < -0.3 is 4.74 Å². The van der Waals surface area contributed by atoms with Crippen molar-refractivity contribution in [2.24, 2.45) is 0 Å². The van der Waals surface area contributed by atoms with Gasteiger partial charge in [0.2, 0.25) is 5.83 Å². The standard InChI is InChI=1S/C7H2F6O2/c8-5(3-1-2-4(14)15-3)6(9,10)7(11,12)13/h1-2H/b5-3-. The molecule has 15 heavy (non-hydrogen) atoms. The first-order valence-electron chi connectivity index (χ1n) is 3.41. The van der Waals surface area contributed by atoms with Gasteiger partial charge in [0.1, 0.15) is 0 Å². The highest BCUT2D eigenvalue weighted by Crippen LogP contribution is 2.43. The van der Waals surface area contributed by atoms with Gasteiger partial charge in [0.05, 0.1) is 0 Å². The van der Waals surface area contributed by atoms with Crippen LogP contribution in [0.2, 0.25) is 0 Å². The molecule has 1 aliphatic heterocycles. The van der Waals surface area contributed by atoms with Crippen molar-refractivity contribution in [3.05, 3.63) is 23.7 Å². The minimum atomic E-state index is -6.08. The fraction of sp³-hybridized carbons (Fsp3) is 0.286. The maximum atomic E-state index is 12.6. The zero-order chi connectivity index (χ0) is 11.9. The molecular formula is C7H2F6O2. The topological polar surface area (TPSA) is 26.3 Å². The Morgan fingerprint density at radius 3 is 2.00 bits per heavy atom. The molecule has 0 aromatic rings. The van der Waals surface area contributed by atoms with Gasteiger partial charge in [-0.05, 0) is 6.08 Å². The van der Waals surface area contributed by atoms with E-state index in [4.69, 9.17) is 0 Å². The molecule has 0 aliphatic carbocycles. The number of rotatable bonds is 1. The Labute approximate surface area is 78.8 Å². The molecule has 0 bridgehead atoms. The first kappa shape index (κ1) is 11.6. The minimum absolute atomic E-state index is 0.400. The summed E-state index contributed by atoms with van der Waals surface area (Å²) in [5.74, 6) is -11.1. The van der Waals surface area contributed by atoms with E-state index >= 15 is 0 Å². The average Bonchev–Trinajstić information content (AvgIpc) is 2.48. The number of cyclic esters (lactones) is 1. The van der Waals surface area contributed by atoms with Crippen LogP contribution >= 0.6 is 0 Å². The number of carbonyl (C=O) groups excluding carboxylic acids is 1. The maximum Gasteiger partial charge on any atom is 0.460 e. The van der Waals surface area contributed by atoms with Gasteiger partial charge in [-0.15, -0.1) is 0 Å². The van der Waals surface area contributed by atoms with Crippen molar-refractivity contribution in [3.8, 4) is 0 Å². The van der Waals surface area contributed by atoms with Crippen molar-refractivity contribution in [3.63, 3.8) is 0 Å². The molecule has 1 aliphatic rings. The van der Waals surface area contributed by atoms with E-state index < -0.39 is 29.7 Å². The second-order valence-electron chi connectivity index (χ2n) is 2.50. The van der Waals surface area contributed by atoms with Crippen LogP contribution in [0.3, 0.4) is 0 Å². The summed E-state index contributed by atoms with van der Waals surface area (Å²) in [6, 6.07) is 0. The molecule has 1 heterocycles. The van der Waals surface area contributed by atoms with Gasteiger partial charge in [0.25, 0.3) is 0 Å². The normalized spacial score (nSPS) is 20.5. The van der Waals surface area contributed by atoms with Gasteiger partial charge in [-0.25, -0.2) is 9.18 Å². The van der Waals surface area contributed by atoms with Gasteiger partial charge in [-0.2, -0.15) is 22.0 Å². The van der Waals surface area contributed by atoms with Crippen molar-refractivity contribution in [1.29, 1.82) is 0 Å². The molecule has 0 N–H and O–H groups in total. The molecule has 0 spiro atoms. The van der Waals surface area contributed by atoms with E-state index in [0.717, 1.165) is 0 Å². The highest BCUT2D eigenvalue weighted by molar-refractivity contribution is 5.86. The lowest BCUT2D eigenvalue weighted by Crippen LogP contribution is -2.37. The second kappa shape index (κ2) is 3.28. The van der Waals surface area contributed by atoms with Gasteiger partial charge >= 0.3 is 18.1 Å². The Bertz CT molecular complexity index is 351. The smallest absolute Gasteiger partial charge is 0.420 e. The van der Waals surface area contributed by atoms with E-state index in [1.165, 1.54) is 0 Å². The van der Waals surface area contributed by atoms with Crippen molar-refractivity contribution in [1.82, 2.24) is 0 Å². The van der Waals surface area contributed by atoms with Crippen LogP contribution in [0.1, 0.15) is 0 Å². The average molecular weight is 232 g/mol. The Morgan fingerprint density at radius 1 is 1.13 bits per heavy atom. The van der Waals surface area contributed by atoms with E-state index in [1.807, 2.05) is 0 Å². The highest BCUT2D eigenvalue weighted by atomic mass is 19.4. The fourth-order valence-electron chi connectivity index (χ4n) is 0.717. The summed E-state index contributed by atoms with van der Waals surface area (Å²) >= 11 is 0. The Morgan fingerprint density at radius 2 is 1.67 bits per heavy atom. The van der Waals surface area contributed by atoms with Crippen LogP contribution in [0.25, 0.3) is 0 Å². The summed E-state index contributed by atoms with van der Waals surface area (Å²) in [6.45, 7) is 0. The van der Waals surface area contributed by atoms with Crippen LogP contribution in [0.5, 0.6) is 0 Å². The summed E-state index contributed by atoms with van der Waals surface area (Å²) < 4.78 is 76.0. The number of hydrogen-bond donors (Lipinski definition) is 0. The summed E-state index contributed by atoms with van der Waals surface area (Å²) in [6.07, 6.45) is -5.15. The Kier molecular flexibility index (Phi) is 2.54. The van der Waals surface area contributed by atoms with Crippen molar-refractivity contribution >= 4 is 5.97 Å². The Balaban J connectivity index is 3.09. The van der Waals surface area contributed by atoms with Gasteiger partial charge in [0, 0.05) is 6.08 Å². The van der Waals surface area contributed by atoms with Crippen molar-refractivity contribution in [2.75, 3.05) is 0 Å². The van der Waals surface area contributed by atoms with Crippen LogP contribution in [0, 0.1) is 0 Å². The van der Waals surface area contributed by atoms with E-state index in [-0.39, 0.29) is 0 Å². The minimum Gasteiger partial charge on any atom is -0.420 e. The predicted octanol–water partition coefficient (Wildman–Crippen LogP) is 2.48. The molecule has 0 unspecified atom stereocenters. The summed E-state index contributed by atoms with van der Waals surface area (Å²) in [7, 11) is 0. The van der Waals surface area contributed by atoms with Gasteiger partial charge in [-0.1, -0.05) is 0 Å². The molecule has 1 rings (SSSR count). The quantitative estimate of drug-likeness (QED) is 0.512. The van der Waals surface area contributed by atoms with Gasteiger partial charge in [-0.3, -0.25) is 0 Å². The SMILES string of the molecule is O=C1C=C/C(=C(/F)C(F)(F)C(F)(F)F)O1. The third kappa shape index (κ3) is 1.97. The van der Waals surface area contributed by atoms with E-state index in [1.54, 1.807) is 0 Å². The lowest BCUT2D eigenvalue weighted by Gasteiger charge is -2.17. The third-order valence-electron chi connectivity index (χ3n) is 1.43. The largest absolute Gasteiger partial charge is 0.460 e. The summed E-state index contributed by atoms with van der Waals surface area (Å²) in [5.41, 5.74) is 0. The molecule has 0 saturated carbocycles. The van der Waals surface area contributed by atoms with Gasteiger partial charge in [0.15, 0.2) is 5.76 Å². The summed E-state index contributed by atoms with van der Waals surface area (Å²) in [4.78, 5) is 10.3. The number of ether oxygens (including phenoxy) is 1. The molecule has 0 fully saturated rings. The first-order chi connectivity index (χ1) is 6.66. The summed E-state index contributed by atoms with van der Waals surface area (Å²) in [5, 5.41) is 0. The van der Waals surface area contributed by atoms with E-state index in [0.29, 0.717) is 12.2 Å².